The molecule has 1 heterocycles. The Labute approximate surface area is 120 Å². The lowest BCUT2D eigenvalue weighted by molar-refractivity contribution is -0.772. The van der Waals surface area contributed by atoms with E-state index < -0.39 is 5.63 Å². The van der Waals surface area contributed by atoms with Crippen molar-refractivity contribution in [1.82, 2.24) is 5.27 Å². The molecule has 0 bridgehead atoms. The number of thioether (sulfide) groups is 1. The van der Waals surface area contributed by atoms with Gasteiger partial charge in [-0.25, -0.2) is 4.79 Å². The highest BCUT2D eigenvalue weighted by atomic mass is 32.2. The molecule has 20 heavy (non-hydrogen) atoms. The Morgan fingerprint density at radius 1 is 1.35 bits per heavy atom. The molecule has 6 nitrogen and oxygen atoms in total. The van der Waals surface area contributed by atoms with E-state index in [4.69, 9.17) is 0 Å². The van der Waals surface area contributed by atoms with E-state index in [0.29, 0.717) is 5.03 Å². The summed E-state index contributed by atoms with van der Waals surface area (Å²) >= 11 is 1.13. The Bertz CT molecular complexity index is 670. The number of nitrogens with one attached hydrogen (secondary N) is 2. The largest absolute Gasteiger partial charge is 0.441 e. The van der Waals surface area contributed by atoms with Crippen molar-refractivity contribution >= 4 is 23.4 Å². The van der Waals surface area contributed by atoms with Crippen LogP contribution >= 0.6 is 11.8 Å². The van der Waals surface area contributed by atoms with Gasteiger partial charge in [-0.05, 0) is 54.1 Å². The van der Waals surface area contributed by atoms with E-state index in [2.05, 4.69) is 15.1 Å². The second kappa shape index (κ2) is 5.96. The summed E-state index contributed by atoms with van der Waals surface area (Å²) < 4.78 is 6.05. The van der Waals surface area contributed by atoms with Crippen molar-refractivity contribution in [2.75, 3.05) is 11.1 Å². The van der Waals surface area contributed by atoms with Crippen molar-refractivity contribution in [3.05, 3.63) is 39.7 Å². The number of H-pyrrole nitrogens is 1. The van der Waals surface area contributed by atoms with Crippen LogP contribution in [0.15, 0.2) is 32.5 Å². The lowest BCUT2D eigenvalue weighted by Gasteiger charge is -2.06. The van der Waals surface area contributed by atoms with Gasteiger partial charge >= 0.3 is 10.7 Å². The third kappa shape index (κ3) is 3.51. The molecule has 0 spiro atoms. The topological polar surface area (TPSA) is 79.0 Å². The first-order chi connectivity index (χ1) is 9.45. The summed E-state index contributed by atoms with van der Waals surface area (Å²) in [5.74, 6) is -0.0238. The van der Waals surface area contributed by atoms with Crippen LogP contribution in [0.3, 0.4) is 0 Å². The van der Waals surface area contributed by atoms with E-state index in [1.54, 1.807) is 7.05 Å². The minimum absolute atomic E-state index is 0.142. The zero-order valence-corrected chi connectivity index (χ0v) is 12.3. The summed E-state index contributed by atoms with van der Waals surface area (Å²) in [6.07, 6.45) is 0. The number of amides is 1. The zero-order valence-electron chi connectivity index (χ0n) is 11.5. The number of aromatic amines is 1. The molecule has 0 unspecified atom stereocenters. The minimum Gasteiger partial charge on any atom is -0.325 e. The average molecular weight is 294 g/mol. The first-order valence-corrected chi connectivity index (χ1v) is 7.02. The summed E-state index contributed by atoms with van der Waals surface area (Å²) in [6, 6.07) is 5.84. The number of aromatic nitrogens is 2. The van der Waals surface area contributed by atoms with Crippen LogP contribution in [0.25, 0.3) is 0 Å². The minimum atomic E-state index is -0.475. The van der Waals surface area contributed by atoms with Crippen LogP contribution < -0.4 is 15.6 Å². The van der Waals surface area contributed by atoms with Crippen molar-refractivity contribution in [2.24, 2.45) is 7.05 Å². The second-order valence-electron chi connectivity index (χ2n) is 4.56. The second-order valence-corrected chi connectivity index (χ2v) is 5.52. The van der Waals surface area contributed by atoms with E-state index in [1.165, 1.54) is 4.68 Å². The quantitative estimate of drug-likeness (QED) is 0.654. The van der Waals surface area contributed by atoms with Gasteiger partial charge in [-0.1, -0.05) is 10.7 Å². The van der Waals surface area contributed by atoms with Crippen LogP contribution in [-0.4, -0.2) is 16.9 Å². The monoisotopic (exact) mass is 294 g/mol. The van der Waals surface area contributed by atoms with E-state index in [1.807, 2.05) is 32.0 Å². The van der Waals surface area contributed by atoms with E-state index >= 15 is 0 Å². The standard InChI is InChI=1S/C13H15N3O3S/c1-8-4-9(2)6-10(5-8)14-11(17)7-20-12-13(18)19-15-16(12)3/h4-6H,7H2,1-3H3,(H-,14,15,17,18)/p+1. The Balaban J connectivity index is 1.98. The number of carbonyl (C=O) groups excluding carboxylic acids is 1. The number of benzene rings is 1. The number of aryl methyl sites for hydroxylation is 3. The van der Waals surface area contributed by atoms with Gasteiger partial charge in [-0.2, -0.15) is 0 Å². The predicted octanol–water partition coefficient (Wildman–Crippen LogP) is 1.14. The van der Waals surface area contributed by atoms with Gasteiger partial charge in [0.1, 0.15) is 0 Å². The van der Waals surface area contributed by atoms with E-state index in [-0.39, 0.29) is 11.7 Å². The van der Waals surface area contributed by atoms with Gasteiger partial charge in [-0.3, -0.25) is 9.32 Å². The van der Waals surface area contributed by atoms with E-state index in [0.717, 1.165) is 28.6 Å². The molecule has 0 saturated heterocycles. The summed E-state index contributed by atoms with van der Waals surface area (Å²) in [5, 5.41) is 5.58. The SMILES string of the molecule is Cc1cc(C)cc(NC(=O)CSc2c(=O)o[nH][n+]2C)c1. The molecule has 2 aromatic rings. The molecule has 0 radical (unpaired) electrons. The fraction of sp³-hybridized carbons (Fsp3) is 0.308. The Morgan fingerprint density at radius 2 is 2.00 bits per heavy atom. The van der Waals surface area contributed by atoms with Gasteiger partial charge in [0.05, 0.1) is 5.75 Å². The van der Waals surface area contributed by atoms with Crippen molar-refractivity contribution in [3.8, 4) is 0 Å². The highest BCUT2D eigenvalue weighted by Crippen LogP contribution is 2.15. The summed E-state index contributed by atoms with van der Waals surface area (Å²) in [6.45, 7) is 3.95. The number of hydrogen-bond acceptors (Lipinski definition) is 4. The smallest absolute Gasteiger partial charge is 0.325 e. The first-order valence-electron chi connectivity index (χ1n) is 6.04. The normalized spacial score (nSPS) is 10.6. The molecule has 0 saturated carbocycles. The number of hydrogen-bond donors (Lipinski definition) is 2. The maximum Gasteiger partial charge on any atom is 0.441 e. The number of rotatable bonds is 4. The summed E-state index contributed by atoms with van der Waals surface area (Å²) in [5.41, 5.74) is 2.46. The molecule has 0 atom stereocenters. The molecule has 1 amide bonds. The molecule has 7 heteroatoms. The Kier molecular flexibility index (Phi) is 4.29. The maximum absolute atomic E-state index is 11.9. The maximum atomic E-state index is 11.9. The highest BCUT2D eigenvalue weighted by Gasteiger charge is 2.19. The van der Waals surface area contributed by atoms with Crippen LogP contribution in [0, 0.1) is 13.8 Å². The fourth-order valence-electron chi connectivity index (χ4n) is 1.87. The third-order valence-electron chi connectivity index (χ3n) is 2.60. The molecule has 106 valence electrons. The fourth-order valence-corrected chi connectivity index (χ4v) is 2.60. The Morgan fingerprint density at radius 3 is 2.55 bits per heavy atom. The van der Waals surface area contributed by atoms with Crippen molar-refractivity contribution < 1.29 is 14.0 Å². The van der Waals surface area contributed by atoms with Crippen molar-refractivity contribution in [3.63, 3.8) is 0 Å². The van der Waals surface area contributed by atoms with Gasteiger partial charge in [0.15, 0.2) is 7.05 Å². The molecule has 1 aromatic heterocycles. The van der Waals surface area contributed by atoms with Crippen LogP contribution in [-0.2, 0) is 11.8 Å². The molecule has 0 fully saturated rings. The number of anilines is 1. The van der Waals surface area contributed by atoms with Crippen LogP contribution in [0.1, 0.15) is 11.1 Å². The molecule has 0 aliphatic carbocycles. The average Bonchev–Trinajstić information content (AvgIpc) is 2.65. The van der Waals surface area contributed by atoms with Crippen molar-refractivity contribution in [1.29, 1.82) is 0 Å². The van der Waals surface area contributed by atoms with Gasteiger partial charge in [0.25, 0.3) is 0 Å². The molecular weight excluding hydrogens is 278 g/mol. The molecule has 2 rings (SSSR count). The number of nitrogens with zero attached hydrogens (tertiary/aromatic N) is 1. The molecule has 0 aliphatic heterocycles. The summed E-state index contributed by atoms with van der Waals surface area (Å²) in [4.78, 5) is 23.2. The van der Waals surface area contributed by atoms with Gasteiger partial charge in [0.2, 0.25) is 5.91 Å². The molecule has 0 aliphatic rings. The van der Waals surface area contributed by atoms with Gasteiger partial charge < -0.3 is 5.32 Å². The predicted molar refractivity (Wildman–Crippen MR) is 75.8 cm³/mol. The molecular formula is C13H16N3O3S+. The van der Waals surface area contributed by atoms with Crippen molar-refractivity contribution in [2.45, 2.75) is 18.9 Å². The lowest BCUT2D eigenvalue weighted by Crippen LogP contribution is -2.34. The lowest BCUT2D eigenvalue weighted by atomic mass is 10.1. The van der Waals surface area contributed by atoms with Crippen LogP contribution in [0.5, 0.6) is 0 Å². The number of carbonyl (C=O) groups is 1. The van der Waals surface area contributed by atoms with Gasteiger partial charge in [0, 0.05) is 5.69 Å². The molecule has 1 aromatic carbocycles. The summed E-state index contributed by atoms with van der Waals surface area (Å²) in [7, 11) is 1.65. The van der Waals surface area contributed by atoms with Crippen LogP contribution in [0.2, 0.25) is 0 Å². The van der Waals surface area contributed by atoms with Gasteiger partial charge in [-0.15, -0.1) is 0 Å². The van der Waals surface area contributed by atoms with E-state index in [9.17, 15) is 9.59 Å². The van der Waals surface area contributed by atoms with Crippen LogP contribution in [0.4, 0.5) is 5.69 Å². The Hall–Kier alpha value is -2.02. The molecule has 2 N–H and O–H groups in total. The first kappa shape index (κ1) is 14.4. The third-order valence-corrected chi connectivity index (χ3v) is 3.72. The zero-order chi connectivity index (χ0) is 14.7. The highest BCUT2D eigenvalue weighted by molar-refractivity contribution is 7.99.